The van der Waals surface area contributed by atoms with Crippen molar-refractivity contribution < 1.29 is 13.9 Å². The molecule has 0 aromatic heterocycles. The Kier molecular flexibility index (Phi) is 6.56. The van der Waals surface area contributed by atoms with Crippen molar-refractivity contribution in [3.05, 3.63) is 72.8 Å². The van der Waals surface area contributed by atoms with E-state index >= 15 is 0 Å². The molecule has 4 heteroatoms. The van der Waals surface area contributed by atoms with Gasteiger partial charge >= 0.3 is 0 Å². The van der Waals surface area contributed by atoms with Crippen LogP contribution in [0.4, 0.5) is 0 Å². The highest BCUT2D eigenvalue weighted by Crippen LogP contribution is 2.37. The van der Waals surface area contributed by atoms with Gasteiger partial charge < -0.3 is 13.9 Å². The fraction of sp³-hybridized carbons (Fsp3) is 0.417. The van der Waals surface area contributed by atoms with Crippen LogP contribution < -0.4 is 10.4 Å². The molecule has 0 amide bonds. The average Bonchev–Trinajstić information content (AvgIpc) is 2.70. The minimum Gasteiger partial charge on any atom is -0.404 e. The molecular weight excluding hydrogens is 364 g/mol. The van der Waals surface area contributed by atoms with Crippen molar-refractivity contribution in [2.45, 2.75) is 45.1 Å². The molecule has 0 spiro atoms. The molecule has 3 rings (SSSR count). The Labute approximate surface area is 170 Å². The normalized spacial score (nSPS) is 23.0. The highest BCUT2D eigenvalue weighted by atomic mass is 28.4. The smallest absolute Gasteiger partial charge is 0.261 e. The van der Waals surface area contributed by atoms with Crippen molar-refractivity contribution >= 4 is 18.7 Å². The standard InChI is InChI=1S/C24H32O3Si/c1-19-16-17-20(27-23(19)25-5)18-26-28(24(2,3)4,21-12-8-6-9-13-21)22-14-10-7-11-15-22/h6-17,19-20,23H,18H2,1-5H3/t19-,20-,23-/m0/s1. The summed E-state index contributed by atoms with van der Waals surface area (Å²) in [4.78, 5) is 0. The maximum absolute atomic E-state index is 6.94. The molecule has 0 saturated heterocycles. The van der Waals surface area contributed by atoms with Crippen LogP contribution >= 0.6 is 0 Å². The zero-order valence-electron chi connectivity index (χ0n) is 17.6. The molecule has 3 nitrogen and oxygen atoms in total. The number of ether oxygens (including phenoxy) is 2. The van der Waals surface area contributed by atoms with Crippen LogP contribution in [0.2, 0.25) is 5.04 Å². The summed E-state index contributed by atoms with van der Waals surface area (Å²) in [5, 5.41) is 2.53. The predicted molar refractivity (Wildman–Crippen MR) is 118 cm³/mol. The van der Waals surface area contributed by atoms with E-state index in [1.165, 1.54) is 10.4 Å². The summed E-state index contributed by atoms with van der Waals surface area (Å²) >= 11 is 0. The lowest BCUT2D eigenvalue weighted by Gasteiger charge is -2.44. The molecule has 3 atom stereocenters. The summed E-state index contributed by atoms with van der Waals surface area (Å²) in [5.41, 5.74) is 0. The molecule has 28 heavy (non-hydrogen) atoms. The van der Waals surface area contributed by atoms with Crippen LogP contribution in [0.3, 0.4) is 0 Å². The van der Waals surface area contributed by atoms with Crippen LogP contribution in [0.1, 0.15) is 27.7 Å². The van der Waals surface area contributed by atoms with E-state index in [0.29, 0.717) is 6.61 Å². The van der Waals surface area contributed by atoms with Gasteiger partial charge in [0.25, 0.3) is 8.32 Å². The topological polar surface area (TPSA) is 27.7 Å². The third-order valence-corrected chi connectivity index (χ3v) is 10.5. The number of hydrogen-bond acceptors (Lipinski definition) is 3. The van der Waals surface area contributed by atoms with E-state index in [1.807, 2.05) is 0 Å². The van der Waals surface area contributed by atoms with Gasteiger partial charge in [-0.1, -0.05) is 101 Å². The van der Waals surface area contributed by atoms with Gasteiger partial charge in [0.2, 0.25) is 0 Å². The number of methoxy groups -OCH3 is 1. The first-order valence-electron chi connectivity index (χ1n) is 10.00. The minimum atomic E-state index is -2.54. The van der Waals surface area contributed by atoms with Crippen LogP contribution in [0, 0.1) is 5.92 Å². The van der Waals surface area contributed by atoms with Crippen LogP contribution in [-0.4, -0.2) is 34.4 Å². The molecule has 1 aliphatic rings. The second kappa shape index (κ2) is 8.74. The minimum absolute atomic E-state index is 0.0396. The molecule has 0 bridgehead atoms. The fourth-order valence-electron chi connectivity index (χ4n) is 4.07. The molecule has 2 aromatic rings. The first kappa shape index (κ1) is 21.0. The molecule has 0 saturated carbocycles. The zero-order chi connectivity index (χ0) is 20.2. The molecule has 0 aliphatic carbocycles. The molecular formula is C24H32O3Si. The third kappa shape index (κ3) is 4.15. The quantitative estimate of drug-likeness (QED) is 0.543. The van der Waals surface area contributed by atoms with Crippen molar-refractivity contribution in [1.82, 2.24) is 0 Å². The summed E-state index contributed by atoms with van der Waals surface area (Å²) in [6.45, 7) is 9.48. The molecule has 0 radical (unpaired) electrons. The van der Waals surface area contributed by atoms with Crippen LogP contribution in [0.15, 0.2) is 72.8 Å². The Balaban J connectivity index is 1.99. The Morgan fingerprint density at radius 3 is 1.89 bits per heavy atom. The molecule has 0 N–H and O–H groups in total. The second-order valence-corrected chi connectivity index (χ2v) is 12.8. The Morgan fingerprint density at radius 2 is 1.43 bits per heavy atom. The van der Waals surface area contributed by atoms with Crippen molar-refractivity contribution in [2.24, 2.45) is 5.92 Å². The summed E-state index contributed by atoms with van der Waals surface area (Å²) in [6, 6.07) is 21.4. The van der Waals surface area contributed by atoms with Crippen molar-refractivity contribution in [3.63, 3.8) is 0 Å². The van der Waals surface area contributed by atoms with Crippen LogP contribution in [0.5, 0.6) is 0 Å². The third-order valence-electron chi connectivity index (χ3n) is 5.48. The summed E-state index contributed by atoms with van der Waals surface area (Å²) in [6.07, 6.45) is 3.94. The van der Waals surface area contributed by atoms with Gasteiger partial charge in [0.15, 0.2) is 6.29 Å². The Hall–Kier alpha value is -1.72. The molecule has 1 aliphatic heterocycles. The van der Waals surface area contributed by atoms with Gasteiger partial charge in [-0.25, -0.2) is 0 Å². The van der Waals surface area contributed by atoms with Crippen molar-refractivity contribution in [2.75, 3.05) is 13.7 Å². The van der Waals surface area contributed by atoms with E-state index < -0.39 is 8.32 Å². The lowest BCUT2D eigenvalue weighted by atomic mass is 10.1. The number of hydrogen-bond donors (Lipinski definition) is 0. The summed E-state index contributed by atoms with van der Waals surface area (Å²) in [7, 11) is -0.842. The molecule has 150 valence electrons. The summed E-state index contributed by atoms with van der Waals surface area (Å²) in [5.74, 6) is 0.245. The van der Waals surface area contributed by atoms with Crippen molar-refractivity contribution in [1.29, 1.82) is 0 Å². The van der Waals surface area contributed by atoms with E-state index in [2.05, 4.69) is 101 Å². The van der Waals surface area contributed by atoms with Gasteiger partial charge in [-0.2, -0.15) is 0 Å². The maximum Gasteiger partial charge on any atom is 0.261 e. The van der Waals surface area contributed by atoms with Crippen LogP contribution in [-0.2, 0) is 13.9 Å². The van der Waals surface area contributed by atoms with Gasteiger partial charge in [-0.05, 0) is 15.4 Å². The average molecular weight is 397 g/mol. The largest absolute Gasteiger partial charge is 0.404 e. The van der Waals surface area contributed by atoms with Gasteiger partial charge in [0.05, 0.1) is 6.61 Å². The fourth-order valence-corrected chi connectivity index (χ4v) is 8.63. The monoisotopic (exact) mass is 396 g/mol. The first-order chi connectivity index (χ1) is 13.4. The van der Waals surface area contributed by atoms with Gasteiger partial charge in [-0.3, -0.25) is 0 Å². The molecule has 0 unspecified atom stereocenters. The van der Waals surface area contributed by atoms with E-state index in [9.17, 15) is 0 Å². The van der Waals surface area contributed by atoms with E-state index in [4.69, 9.17) is 13.9 Å². The molecule has 2 aromatic carbocycles. The Morgan fingerprint density at radius 1 is 0.893 bits per heavy atom. The molecule has 0 fully saturated rings. The van der Waals surface area contributed by atoms with Crippen molar-refractivity contribution in [3.8, 4) is 0 Å². The van der Waals surface area contributed by atoms with Gasteiger partial charge in [-0.15, -0.1) is 0 Å². The predicted octanol–water partition coefficient (Wildman–Crippen LogP) is 4.13. The van der Waals surface area contributed by atoms with E-state index in [-0.39, 0.29) is 23.4 Å². The Bertz CT molecular complexity index is 728. The number of benzene rings is 2. The zero-order valence-corrected chi connectivity index (χ0v) is 18.6. The maximum atomic E-state index is 6.94. The highest BCUT2D eigenvalue weighted by molar-refractivity contribution is 6.99. The van der Waals surface area contributed by atoms with Crippen LogP contribution in [0.25, 0.3) is 0 Å². The lowest BCUT2D eigenvalue weighted by molar-refractivity contribution is -0.174. The van der Waals surface area contributed by atoms with Gasteiger partial charge in [0, 0.05) is 13.0 Å². The van der Waals surface area contributed by atoms with E-state index in [1.54, 1.807) is 7.11 Å². The number of rotatable bonds is 6. The second-order valence-electron chi connectivity index (χ2n) is 8.50. The SMILES string of the molecule is CO[C@H]1O[C@H](CO[Si](c2ccccc2)(c2ccccc2)C(C)(C)C)C=C[C@@H]1C. The first-order valence-corrected chi connectivity index (χ1v) is 11.9. The lowest BCUT2D eigenvalue weighted by Crippen LogP contribution is -2.67. The van der Waals surface area contributed by atoms with E-state index in [0.717, 1.165) is 0 Å². The van der Waals surface area contributed by atoms with Gasteiger partial charge in [0.1, 0.15) is 6.10 Å². The highest BCUT2D eigenvalue weighted by Gasteiger charge is 2.50. The molecule has 1 heterocycles. The summed E-state index contributed by atoms with van der Waals surface area (Å²) < 4.78 is 18.5.